The van der Waals surface area contributed by atoms with E-state index < -0.39 is 0 Å². The van der Waals surface area contributed by atoms with E-state index in [1.807, 2.05) is 62.5 Å². The summed E-state index contributed by atoms with van der Waals surface area (Å²) in [4.78, 5) is 9.01. The van der Waals surface area contributed by atoms with Crippen molar-refractivity contribution < 1.29 is 20.1 Å². The maximum absolute atomic E-state index is 4.66. The van der Waals surface area contributed by atoms with Gasteiger partial charge in [0.1, 0.15) is 0 Å². The SMILES string of the molecule is Cc1c[c-]c(-c2ccc(C)cn2)cc1.Cc1cccc(-c2[c-]ccc(-c3cc4ccccc4c4ccccc34)c2)n1.[Ir]. The molecule has 0 spiro atoms. The zero-order valence-corrected chi connectivity index (χ0v) is 26.2. The first kappa shape index (κ1) is 29.1. The molecule has 42 heavy (non-hydrogen) atoms. The van der Waals surface area contributed by atoms with Crippen LogP contribution in [0, 0.1) is 32.9 Å². The molecular formula is C39H30IrN2-2. The third-order valence-corrected chi connectivity index (χ3v) is 7.20. The van der Waals surface area contributed by atoms with Crippen molar-refractivity contribution in [2.75, 3.05) is 0 Å². The summed E-state index contributed by atoms with van der Waals surface area (Å²) in [6.07, 6.45) is 1.88. The average Bonchev–Trinajstić information content (AvgIpc) is 3.02. The second-order valence-electron chi connectivity index (χ2n) is 10.3. The zero-order valence-electron chi connectivity index (χ0n) is 23.9. The van der Waals surface area contributed by atoms with Crippen molar-refractivity contribution in [3.63, 3.8) is 0 Å². The number of fused-ring (bicyclic) bond motifs is 3. The van der Waals surface area contributed by atoms with E-state index >= 15 is 0 Å². The fourth-order valence-corrected chi connectivity index (χ4v) is 5.06. The monoisotopic (exact) mass is 719 g/mol. The molecule has 5 aromatic carbocycles. The Balaban J connectivity index is 0.000000200. The number of benzene rings is 5. The summed E-state index contributed by atoms with van der Waals surface area (Å²) in [6, 6.07) is 48.7. The van der Waals surface area contributed by atoms with Crippen LogP contribution in [0.5, 0.6) is 0 Å². The van der Waals surface area contributed by atoms with E-state index in [-0.39, 0.29) is 20.1 Å². The maximum Gasteiger partial charge on any atom is 0.0266 e. The van der Waals surface area contributed by atoms with E-state index in [1.54, 1.807) is 0 Å². The smallest absolute Gasteiger partial charge is 0.0266 e. The molecule has 7 rings (SSSR count). The van der Waals surface area contributed by atoms with Gasteiger partial charge in [0.05, 0.1) is 0 Å². The molecule has 0 aliphatic rings. The largest absolute Gasteiger partial charge is 0.304 e. The fraction of sp³-hybridized carbons (Fsp3) is 0.0769. The molecule has 0 aliphatic carbocycles. The summed E-state index contributed by atoms with van der Waals surface area (Å²) in [5.74, 6) is 0. The molecule has 2 heterocycles. The first-order valence-electron chi connectivity index (χ1n) is 13.8. The predicted molar refractivity (Wildman–Crippen MR) is 172 cm³/mol. The average molecular weight is 719 g/mol. The normalized spacial score (nSPS) is 10.5. The van der Waals surface area contributed by atoms with Gasteiger partial charge in [0.25, 0.3) is 0 Å². The molecule has 0 amide bonds. The number of rotatable bonds is 3. The van der Waals surface area contributed by atoms with Crippen LogP contribution >= 0.6 is 0 Å². The summed E-state index contributed by atoms with van der Waals surface area (Å²) < 4.78 is 0. The number of hydrogen-bond donors (Lipinski definition) is 0. The molecule has 0 saturated heterocycles. The molecule has 0 saturated carbocycles. The van der Waals surface area contributed by atoms with Crippen molar-refractivity contribution in [3.8, 4) is 33.6 Å². The summed E-state index contributed by atoms with van der Waals surface area (Å²) in [5.41, 5.74) is 9.87. The van der Waals surface area contributed by atoms with Crippen LogP contribution in [0.3, 0.4) is 0 Å². The van der Waals surface area contributed by atoms with Crippen LogP contribution in [0.4, 0.5) is 0 Å². The molecule has 0 unspecified atom stereocenters. The number of aromatic nitrogens is 2. The quantitative estimate of drug-likeness (QED) is 0.134. The van der Waals surface area contributed by atoms with Gasteiger partial charge in [-0.3, -0.25) is 0 Å². The molecular weight excluding hydrogens is 689 g/mol. The molecule has 1 radical (unpaired) electrons. The minimum Gasteiger partial charge on any atom is -0.304 e. The van der Waals surface area contributed by atoms with Gasteiger partial charge in [-0.05, 0) is 70.0 Å². The summed E-state index contributed by atoms with van der Waals surface area (Å²) in [7, 11) is 0. The fourth-order valence-electron chi connectivity index (χ4n) is 5.06. The van der Waals surface area contributed by atoms with Gasteiger partial charge in [0.2, 0.25) is 0 Å². The zero-order chi connectivity index (χ0) is 28.2. The van der Waals surface area contributed by atoms with Gasteiger partial charge in [-0.15, -0.1) is 70.8 Å². The van der Waals surface area contributed by atoms with E-state index in [2.05, 4.69) is 108 Å². The van der Waals surface area contributed by atoms with Crippen molar-refractivity contribution in [1.82, 2.24) is 9.97 Å². The minimum atomic E-state index is 0. The van der Waals surface area contributed by atoms with Gasteiger partial charge < -0.3 is 9.97 Å². The third kappa shape index (κ3) is 6.39. The van der Waals surface area contributed by atoms with E-state index in [0.29, 0.717) is 0 Å². The van der Waals surface area contributed by atoms with E-state index in [0.717, 1.165) is 28.2 Å². The molecule has 207 valence electrons. The third-order valence-electron chi connectivity index (χ3n) is 7.20. The number of nitrogens with zero attached hydrogens (tertiary/aromatic N) is 2. The maximum atomic E-state index is 4.66. The van der Waals surface area contributed by atoms with Crippen molar-refractivity contribution in [3.05, 3.63) is 156 Å². The van der Waals surface area contributed by atoms with Crippen molar-refractivity contribution in [1.29, 1.82) is 0 Å². The van der Waals surface area contributed by atoms with Crippen LogP contribution in [0.1, 0.15) is 16.8 Å². The predicted octanol–water partition coefficient (Wildman–Crippen LogP) is 9.99. The Labute approximate surface area is 261 Å². The topological polar surface area (TPSA) is 25.8 Å². The summed E-state index contributed by atoms with van der Waals surface area (Å²) >= 11 is 0. The van der Waals surface area contributed by atoms with Crippen molar-refractivity contribution in [2.45, 2.75) is 20.8 Å². The van der Waals surface area contributed by atoms with E-state index in [9.17, 15) is 0 Å². The Morgan fingerprint density at radius 3 is 2.07 bits per heavy atom. The van der Waals surface area contributed by atoms with Gasteiger partial charge in [-0.25, -0.2) is 0 Å². The number of aryl methyl sites for hydroxylation is 3. The molecule has 2 aromatic heterocycles. The second kappa shape index (κ2) is 13.0. The summed E-state index contributed by atoms with van der Waals surface area (Å²) in [6.45, 7) is 6.11. The van der Waals surface area contributed by atoms with Gasteiger partial charge in [0, 0.05) is 32.0 Å². The molecule has 7 aromatic rings. The minimum absolute atomic E-state index is 0. The van der Waals surface area contributed by atoms with Crippen LogP contribution in [0.25, 0.3) is 55.2 Å². The Hall–Kier alpha value is -4.43. The number of hydrogen-bond acceptors (Lipinski definition) is 2. The van der Waals surface area contributed by atoms with Gasteiger partial charge >= 0.3 is 0 Å². The molecule has 2 nitrogen and oxygen atoms in total. The Morgan fingerprint density at radius 1 is 0.571 bits per heavy atom. The van der Waals surface area contributed by atoms with E-state index in [1.165, 1.54) is 43.8 Å². The molecule has 0 atom stereocenters. The Kier molecular flexibility index (Phi) is 9.03. The first-order valence-corrected chi connectivity index (χ1v) is 13.8. The van der Waals surface area contributed by atoms with Crippen LogP contribution in [0.15, 0.2) is 128 Å². The second-order valence-corrected chi connectivity index (χ2v) is 10.3. The Bertz CT molecular complexity index is 1920. The van der Waals surface area contributed by atoms with Gasteiger partial charge in [-0.2, -0.15) is 0 Å². The van der Waals surface area contributed by atoms with Crippen LogP contribution in [-0.2, 0) is 20.1 Å². The molecule has 3 heteroatoms. The molecule has 0 aliphatic heterocycles. The molecule has 0 N–H and O–H groups in total. The van der Waals surface area contributed by atoms with Crippen LogP contribution < -0.4 is 0 Å². The number of pyridine rings is 2. The van der Waals surface area contributed by atoms with Crippen LogP contribution in [0.2, 0.25) is 0 Å². The van der Waals surface area contributed by atoms with E-state index in [4.69, 9.17) is 0 Å². The molecule has 0 fully saturated rings. The van der Waals surface area contributed by atoms with Crippen LogP contribution in [-0.4, -0.2) is 9.97 Å². The standard InChI is InChI=1S/C26H18N.C13H12N.Ir/c1-18-8-6-15-26(27-18)21-11-7-10-19(16-21)25-17-20-9-2-3-12-22(20)23-13-4-5-14-24(23)25;1-10-3-6-12(7-4-10)13-8-5-11(2)9-14-13;/h2-10,12-17H,1H3;3-6,8-9H,1-2H3;/q2*-1;. The van der Waals surface area contributed by atoms with Gasteiger partial charge in [-0.1, -0.05) is 79.7 Å². The first-order chi connectivity index (χ1) is 20.0. The van der Waals surface area contributed by atoms with Gasteiger partial charge in [0.15, 0.2) is 0 Å². The summed E-state index contributed by atoms with van der Waals surface area (Å²) in [5, 5.41) is 5.10. The van der Waals surface area contributed by atoms with Crippen molar-refractivity contribution >= 4 is 21.5 Å². The Morgan fingerprint density at radius 2 is 1.33 bits per heavy atom. The molecule has 0 bridgehead atoms. The van der Waals surface area contributed by atoms with Crippen molar-refractivity contribution in [2.24, 2.45) is 0 Å².